The molecule has 2 atom stereocenters. The van der Waals surface area contributed by atoms with Gasteiger partial charge in [0, 0.05) is 0 Å². The maximum Gasteiger partial charge on any atom is 0.309 e. The van der Waals surface area contributed by atoms with Crippen molar-refractivity contribution in [1.82, 2.24) is 0 Å². The van der Waals surface area contributed by atoms with Crippen LogP contribution in [0.2, 0.25) is 0 Å². The predicted octanol–water partition coefficient (Wildman–Crippen LogP) is 1.21. The molecule has 1 aliphatic rings. The fourth-order valence-electron chi connectivity index (χ4n) is 0.900. The first-order valence-corrected chi connectivity index (χ1v) is 3.42. The molecule has 2 heteroatoms. The molecule has 1 saturated carbocycles. The number of rotatable bonds is 2. The van der Waals surface area contributed by atoms with E-state index in [1.54, 1.807) is 0 Å². The molecular weight excluding hydrogens is 116 g/mol. The molecule has 0 amide bonds. The summed E-state index contributed by atoms with van der Waals surface area (Å²) in [5, 5.41) is 0. The molecule has 1 rings (SSSR count). The average Bonchev–Trinajstić information content (AvgIpc) is 2.47. The van der Waals surface area contributed by atoms with Crippen molar-refractivity contribution in [3.8, 4) is 0 Å². The zero-order valence-electron chi connectivity index (χ0n) is 5.89. The van der Waals surface area contributed by atoms with Crippen molar-refractivity contribution in [2.45, 2.75) is 20.3 Å². The zero-order valence-corrected chi connectivity index (χ0v) is 5.89. The number of carbonyl (C=O) groups excluding carboxylic acids is 1. The molecule has 9 heavy (non-hydrogen) atoms. The van der Waals surface area contributed by atoms with Crippen LogP contribution in [0.3, 0.4) is 0 Å². The zero-order chi connectivity index (χ0) is 6.85. The van der Waals surface area contributed by atoms with Crippen LogP contribution in [0.25, 0.3) is 0 Å². The minimum absolute atomic E-state index is 0.00926. The predicted molar refractivity (Wildman–Crippen MR) is 33.9 cm³/mol. The van der Waals surface area contributed by atoms with Crippen LogP contribution in [0.4, 0.5) is 0 Å². The van der Waals surface area contributed by atoms with E-state index in [-0.39, 0.29) is 11.9 Å². The van der Waals surface area contributed by atoms with E-state index in [9.17, 15) is 4.79 Å². The van der Waals surface area contributed by atoms with Crippen molar-refractivity contribution in [2.75, 3.05) is 6.61 Å². The molecule has 0 aromatic rings. The summed E-state index contributed by atoms with van der Waals surface area (Å²) in [5.74, 6) is 0.791. The molecule has 2 nitrogen and oxygen atoms in total. The Bertz CT molecular complexity index is 120. The van der Waals surface area contributed by atoms with Crippen LogP contribution < -0.4 is 0 Å². The van der Waals surface area contributed by atoms with Gasteiger partial charge in [0.05, 0.1) is 12.5 Å². The Labute approximate surface area is 55.2 Å². The molecule has 0 saturated heterocycles. The molecular formula is C7H12O2. The van der Waals surface area contributed by atoms with Gasteiger partial charge >= 0.3 is 5.97 Å². The largest absolute Gasteiger partial charge is 0.466 e. The Morgan fingerprint density at radius 3 is 2.67 bits per heavy atom. The fraction of sp³-hybridized carbons (Fsp3) is 0.857. The average molecular weight is 128 g/mol. The van der Waals surface area contributed by atoms with Gasteiger partial charge in [0.15, 0.2) is 0 Å². The first kappa shape index (κ1) is 6.59. The van der Waals surface area contributed by atoms with Crippen molar-refractivity contribution in [1.29, 1.82) is 0 Å². The second-order valence-electron chi connectivity index (χ2n) is 2.57. The summed E-state index contributed by atoms with van der Waals surface area (Å²) in [6, 6.07) is 0. The lowest BCUT2D eigenvalue weighted by atomic mass is 10.3. The first-order chi connectivity index (χ1) is 4.25. The third-order valence-electron chi connectivity index (χ3n) is 1.70. The van der Waals surface area contributed by atoms with Crippen LogP contribution in [0.5, 0.6) is 0 Å². The maximum absolute atomic E-state index is 10.8. The molecule has 0 heterocycles. The van der Waals surface area contributed by atoms with E-state index in [0.717, 1.165) is 6.42 Å². The van der Waals surface area contributed by atoms with Crippen LogP contribution in [-0.4, -0.2) is 12.6 Å². The Morgan fingerprint density at radius 2 is 2.33 bits per heavy atom. The van der Waals surface area contributed by atoms with Gasteiger partial charge in [-0.3, -0.25) is 4.79 Å². The number of hydrogen-bond acceptors (Lipinski definition) is 2. The topological polar surface area (TPSA) is 26.3 Å². The van der Waals surface area contributed by atoms with E-state index in [0.29, 0.717) is 12.5 Å². The molecule has 52 valence electrons. The highest BCUT2D eigenvalue weighted by Gasteiger charge is 2.40. The molecule has 0 bridgehead atoms. The second kappa shape index (κ2) is 2.38. The summed E-state index contributed by atoms with van der Waals surface area (Å²) in [6.07, 6.45) is 1.03. The van der Waals surface area contributed by atoms with E-state index in [4.69, 9.17) is 4.74 Å². The van der Waals surface area contributed by atoms with Crippen molar-refractivity contribution in [2.24, 2.45) is 11.8 Å². The second-order valence-corrected chi connectivity index (χ2v) is 2.57. The summed E-state index contributed by atoms with van der Waals surface area (Å²) < 4.78 is 4.80. The Hall–Kier alpha value is -0.530. The SMILES string of the molecule is CCOC(=O)[C@H]1C[C@H]1C. The molecule has 0 spiro atoms. The Balaban J connectivity index is 2.20. The van der Waals surface area contributed by atoms with Crippen molar-refractivity contribution >= 4 is 5.97 Å². The summed E-state index contributed by atoms with van der Waals surface area (Å²) in [4.78, 5) is 10.8. The number of hydrogen-bond donors (Lipinski definition) is 0. The van der Waals surface area contributed by atoms with Gasteiger partial charge in [-0.25, -0.2) is 0 Å². The summed E-state index contributed by atoms with van der Waals surface area (Å²) >= 11 is 0. The van der Waals surface area contributed by atoms with E-state index < -0.39 is 0 Å². The molecule has 0 aliphatic heterocycles. The number of ether oxygens (including phenoxy) is 1. The van der Waals surface area contributed by atoms with E-state index >= 15 is 0 Å². The lowest BCUT2D eigenvalue weighted by molar-refractivity contribution is -0.144. The normalized spacial score (nSPS) is 31.8. The van der Waals surface area contributed by atoms with Crippen LogP contribution in [-0.2, 0) is 9.53 Å². The molecule has 1 aliphatic carbocycles. The summed E-state index contributed by atoms with van der Waals surface area (Å²) in [5.41, 5.74) is 0. The maximum atomic E-state index is 10.8. The Morgan fingerprint density at radius 1 is 1.78 bits per heavy atom. The van der Waals surface area contributed by atoms with Gasteiger partial charge in [-0.05, 0) is 19.3 Å². The van der Waals surface area contributed by atoms with Gasteiger partial charge in [0.25, 0.3) is 0 Å². The smallest absolute Gasteiger partial charge is 0.309 e. The quantitative estimate of drug-likeness (QED) is 0.522. The third kappa shape index (κ3) is 1.44. The van der Waals surface area contributed by atoms with Crippen LogP contribution >= 0.6 is 0 Å². The highest BCUT2D eigenvalue weighted by molar-refractivity contribution is 5.75. The third-order valence-corrected chi connectivity index (χ3v) is 1.70. The van der Waals surface area contributed by atoms with Gasteiger partial charge in [0.2, 0.25) is 0 Å². The van der Waals surface area contributed by atoms with Gasteiger partial charge in [-0.1, -0.05) is 6.92 Å². The van der Waals surface area contributed by atoms with Crippen molar-refractivity contribution in [3.05, 3.63) is 0 Å². The minimum Gasteiger partial charge on any atom is -0.466 e. The van der Waals surface area contributed by atoms with Crippen LogP contribution in [0.15, 0.2) is 0 Å². The van der Waals surface area contributed by atoms with E-state index in [2.05, 4.69) is 6.92 Å². The molecule has 0 unspecified atom stereocenters. The molecule has 0 aromatic heterocycles. The number of esters is 1. The van der Waals surface area contributed by atoms with E-state index in [1.165, 1.54) is 0 Å². The van der Waals surface area contributed by atoms with Gasteiger partial charge in [-0.2, -0.15) is 0 Å². The van der Waals surface area contributed by atoms with E-state index in [1.807, 2.05) is 6.92 Å². The molecule has 0 radical (unpaired) electrons. The van der Waals surface area contributed by atoms with Crippen LogP contribution in [0, 0.1) is 11.8 Å². The van der Waals surface area contributed by atoms with Gasteiger partial charge < -0.3 is 4.74 Å². The number of carbonyl (C=O) groups is 1. The van der Waals surface area contributed by atoms with Gasteiger partial charge in [-0.15, -0.1) is 0 Å². The summed E-state index contributed by atoms with van der Waals surface area (Å²) in [7, 11) is 0. The van der Waals surface area contributed by atoms with Crippen molar-refractivity contribution in [3.63, 3.8) is 0 Å². The Kier molecular flexibility index (Phi) is 1.74. The lowest BCUT2D eigenvalue weighted by Crippen LogP contribution is -2.06. The highest BCUT2D eigenvalue weighted by atomic mass is 16.5. The fourth-order valence-corrected chi connectivity index (χ4v) is 0.900. The molecule has 1 fully saturated rings. The van der Waals surface area contributed by atoms with Gasteiger partial charge in [0.1, 0.15) is 0 Å². The van der Waals surface area contributed by atoms with Crippen molar-refractivity contribution < 1.29 is 9.53 Å². The first-order valence-electron chi connectivity index (χ1n) is 3.42. The molecule has 0 aromatic carbocycles. The monoisotopic (exact) mass is 128 g/mol. The summed E-state index contributed by atoms with van der Waals surface area (Å²) in [6.45, 7) is 4.43. The van der Waals surface area contributed by atoms with Crippen LogP contribution in [0.1, 0.15) is 20.3 Å². The minimum atomic E-state index is -0.00926. The highest BCUT2D eigenvalue weighted by Crippen LogP contribution is 2.38. The standard InChI is InChI=1S/C7H12O2/c1-3-9-7(8)6-4-5(6)2/h5-6H,3-4H2,1-2H3/t5-,6+/m1/s1. The lowest BCUT2D eigenvalue weighted by Gasteiger charge is -1.96. The molecule has 0 N–H and O–H groups in total.